The molecule has 0 aliphatic heterocycles. The van der Waals surface area contributed by atoms with Crippen LogP contribution in [0.5, 0.6) is 0 Å². The predicted molar refractivity (Wildman–Crippen MR) is 76.7 cm³/mol. The third-order valence-electron chi connectivity index (χ3n) is 2.62. The second-order valence-electron chi connectivity index (χ2n) is 5.42. The molecular weight excluding hydrogens is 313 g/mol. The molecular formula is C15H15ClFNO4. The van der Waals surface area contributed by atoms with Crippen LogP contribution in [0.25, 0.3) is 0 Å². The fourth-order valence-corrected chi connectivity index (χ4v) is 2.03. The summed E-state index contributed by atoms with van der Waals surface area (Å²) in [5, 5.41) is 8.63. The topological polar surface area (TPSA) is 76.4 Å². The summed E-state index contributed by atoms with van der Waals surface area (Å²) >= 11 is 5.85. The molecule has 118 valence electrons. The Morgan fingerprint density at radius 2 is 1.91 bits per heavy atom. The Bertz CT molecular complexity index is 646. The summed E-state index contributed by atoms with van der Waals surface area (Å²) in [6.07, 6.45) is 0. The first-order chi connectivity index (χ1) is 10.1. The minimum Gasteiger partial charge on any atom is -0.468 e. The highest BCUT2D eigenvalue weighted by Crippen LogP contribution is 2.33. The molecule has 22 heavy (non-hydrogen) atoms. The van der Waals surface area contributed by atoms with E-state index in [0.717, 1.165) is 19.2 Å². The van der Waals surface area contributed by atoms with Gasteiger partial charge in [0.1, 0.15) is 11.4 Å². The summed E-state index contributed by atoms with van der Waals surface area (Å²) in [7, 11) is 1.07. The number of hydrogen-bond donors (Lipinski definition) is 0. The van der Waals surface area contributed by atoms with Crippen molar-refractivity contribution in [2.45, 2.75) is 32.3 Å². The SMILES string of the molecule is COC(=O)C(C(=O)OC(C)(C)C)c1c(C#N)ccc(F)c1Cl. The lowest BCUT2D eigenvalue weighted by Crippen LogP contribution is -2.32. The Morgan fingerprint density at radius 1 is 1.32 bits per heavy atom. The Morgan fingerprint density at radius 3 is 2.36 bits per heavy atom. The highest BCUT2D eigenvalue weighted by atomic mass is 35.5. The van der Waals surface area contributed by atoms with Gasteiger partial charge in [0.2, 0.25) is 0 Å². The number of methoxy groups -OCH3 is 1. The van der Waals surface area contributed by atoms with Crippen LogP contribution in [-0.2, 0) is 19.1 Å². The zero-order valence-corrected chi connectivity index (χ0v) is 13.3. The number of halogens is 2. The molecule has 1 unspecified atom stereocenters. The molecule has 0 fully saturated rings. The van der Waals surface area contributed by atoms with Crippen LogP contribution in [0.3, 0.4) is 0 Å². The zero-order chi connectivity index (χ0) is 17.1. The molecule has 0 saturated carbocycles. The molecule has 0 N–H and O–H groups in total. The van der Waals surface area contributed by atoms with Gasteiger partial charge in [0.05, 0.1) is 23.8 Å². The van der Waals surface area contributed by atoms with E-state index in [4.69, 9.17) is 21.6 Å². The summed E-state index contributed by atoms with van der Waals surface area (Å²) in [5.74, 6) is -4.45. The van der Waals surface area contributed by atoms with Gasteiger partial charge in [-0.25, -0.2) is 4.39 Å². The summed E-state index contributed by atoms with van der Waals surface area (Å²) in [6, 6.07) is 3.89. The van der Waals surface area contributed by atoms with Gasteiger partial charge >= 0.3 is 11.9 Å². The van der Waals surface area contributed by atoms with Crippen molar-refractivity contribution in [3.05, 3.63) is 34.1 Å². The molecule has 1 atom stereocenters. The fraction of sp³-hybridized carbons (Fsp3) is 0.400. The van der Waals surface area contributed by atoms with Gasteiger partial charge < -0.3 is 9.47 Å². The lowest BCUT2D eigenvalue weighted by Gasteiger charge is -2.24. The largest absolute Gasteiger partial charge is 0.468 e. The van der Waals surface area contributed by atoms with E-state index < -0.39 is 34.3 Å². The van der Waals surface area contributed by atoms with Crippen LogP contribution >= 0.6 is 11.6 Å². The van der Waals surface area contributed by atoms with Gasteiger partial charge in [-0.15, -0.1) is 0 Å². The van der Waals surface area contributed by atoms with Gasteiger partial charge in [0.15, 0.2) is 5.92 Å². The second-order valence-corrected chi connectivity index (χ2v) is 5.80. The van der Waals surface area contributed by atoms with Crippen molar-refractivity contribution in [1.29, 1.82) is 5.26 Å². The van der Waals surface area contributed by atoms with Crippen LogP contribution in [0, 0.1) is 17.1 Å². The standard InChI is InChI=1S/C15H15ClFNO4/c1-15(2,3)22-14(20)11(13(19)21-4)10-8(7-18)5-6-9(17)12(10)16/h5-6,11H,1-4H3. The molecule has 1 aromatic carbocycles. The average molecular weight is 328 g/mol. The number of ether oxygens (including phenoxy) is 2. The monoisotopic (exact) mass is 327 g/mol. The third-order valence-corrected chi connectivity index (χ3v) is 3.01. The van der Waals surface area contributed by atoms with E-state index in [2.05, 4.69) is 4.74 Å². The maximum atomic E-state index is 13.7. The summed E-state index contributed by atoms with van der Waals surface area (Å²) in [6.45, 7) is 4.83. The van der Waals surface area contributed by atoms with E-state index in [0.29, 0.717) is 0 Å². The van der Waals surface area contributed by atoms with E-state index in [1.807, 2.05) is 0 Å². The Hall–Kier alpha value is -2.13. The molecule has 1 rings (SSSR count). The molecule has 1 aromatic rings. The van der Waals surface area contributed by atoms with Gasteiger partial charge in [-0.1, -0.05) is 11.6 Å². The number of nitriles is 1. The molecule has 0 radical (unpaired) electrons. The van der Waals surface area contributed by atoms with E-state index >= 15 is 0 Å². The van der Waals surface area contributed by atoms with Crippen molar-refractivity contribution in [2.75, 3.05) is 7.11 Å². The quantitative estimate of drug-likeness (QED) is 0.630. The molecule has 0 bridgehead atoms. The van der Waals surface area contributed by atoms with Crippen LogP contribution in [0.15, 0.2) is 12.1 Å². The van der Waals surface area contributed by atoms with Crippen LogP contribution < -0.4 is 0 Å². The minimum atomic E-state index is -1.64. The summed E-state index contributed by atoms with van der Waals surface area (Å²) in [5.41, 5.74) is -1.24. The van der Waals surface area contributed by atoms with E-state index in [1.165, 1.54) is 0 Å². The normalized spacial score (nSPS) is 12.2. The number of hydrogen-bond acceptors (Lipinski definition) is 5. The van der Waals surface area contributed by atoms with Crippen molar-refractivity contribution >= 4 is 23.5 Å². The number of carbonyl (C=O) groups excluding carboxylic acids is 2. The van der Waals surface area contributed by atoms with E-state index in [1.54, 1.807) is 26.8 Å². The molecule has 0 aliphatic rings. The van der Waals surface area contributed by atoms with Crippen LogP contribution in [-0.4, -0.2) is 24.6 Å². The molecule has 0 amide bonds. The lowest BCUT2D eigenvalue weighted by atomic mass is 9.94. The van der Waals surface area contributed by atoms with Crippen molar-refractivity contribution < 1.29 is 23.5 Å². The lowest BCUT2D eigenvalue weighted by molar-refractivity contribution is -0.163. The van der Waals surface area contributed by atoms with Crippen molar-refractivity contribution in [2.24, 2.45) is 0 Å². The Kier molecular flexibility index (Phi) is 5.50. The fourth-order valence-electron chi connectivity index (χ4n) is 1.76. The van der Waals surface area contributed by atoms with Crippen LogP contribution in [0.2, 0.25) is 5.02 Å². The zero-order valence-electron chi connectivity index (χ0n) is 12.6. The van der Waals surface area contributed by atoms with Crippen LogP contribution in [0.1, 0.15) is 37.8 Å². The smallest absolute Gasteiger partial charge is 0.325 e. The molecule has 0 spiro atoms. The summed E-state index contributed by atoms with van der Waals surface area (Å²) < 4.78 is 23.4. The van der Waals surface area contributed by atoms with Crippen LogP contribution in [0.4, 0.5) is 4.39 Å². The first kappa shape index (κ1) is 17.9. The predicted octanol–water partition coefficient (Wildman–Crippen LogP) is 2.95. The highest BCUT2D eigenvalue weighted by Gasteiger charge is 2.37. The molecule has 5 nitrogen and oxygen atoms in total. The van der Waals surface area contributed by atoms with Gasteiger partial charge in [-0.05, 0) is 32.9 Å². The van der Waals surface area contributed by atoms with Gasteiger partial charge in [0, 0.05) is 5.56 Å². The maximum absolute atomic E-state index is 13.7. The van der Waals surface area contributed by atoms with Crippen molar-refractivity contribution in [3.8, 4) is 6.07 Å². The first-order valence-electron chi connectivity index (χ1n) is 6.31. The molecule has 0 aliphatic carbocycles. The average Bonchev–Trinajstić information content (AvgIpc) is 2.41. The van der Waals surface area contributed by atoms with E-state index in [-0.39, 0.29) is 11.1 Å². The molecule has 0 saturated heterocycles. The van der Waals surface area contributed by atoms with Gasteiger partial charge in [0.25, 0.3) is 0 Å². The number of benzene rings is 1. The highest BCUT2D eigenvalue weighted by molar-refractivity contribution is 6.32. The number of nitrogens with zero attached hydrogens (tertiary/aromatic N) is 1. The Balaban J connectivity index is 3.49. The number of rotatable bonds is 3. The Labute approximate surface area is 132 Å². The minimum absolute atomic E-state index is 0.104. The number of carbonyl (C=O) groups is 2. The van der Waals surface area contributed by atoms with Gasteiger partial charge in [-0.2, -0.15) is 5.26 Å². The van der Waals surface area contributed by atoms with Crippen molar-refractivity contribution in [3.63, 3.8) is 0 Å². The van der Waals surface area contributed by atoms with Gasteiger partial charge in [-0.3, -0.25) is 9.59 Å². The second kappa shape index (κ2) is 6.75. The molecule has 7 heteroatoms. The maximum Gasteiger partial charge on any atom is 0.325 e. The van der Waals surface area contributed by atoms with E-state index in [9.17, 15) is 14.0 Å². The molecule has 0 aromatic heterocycles. The number of esters is 2. The first-order valence-corrected chi connectivity index (χ1v) is 6.69. The summed E-state index contributed by atoms with van der Waals surface area (Å²) in [4.78, 5) is 24.2. The third kappa shape index (κ3) is 3.95. The molecule has 0 heterocycles. The van der Waals surface area contributed by atoms with Crippen molar-refractivity contribution in [1.82, 2.24) is 0 Å².